The molecule has 0 saturated carbocycles. The molecule has 0 radical (unpaired) electrons. The van der Waals surface area contributed by atoms with E-state index in [1.54, 1.807) is 6.08 Å². The highest BCUT2D eigenvalue weighted by Crippen LogP contribution is 2.38. The number of carbonyl (C=O) groups excluding carboxylic acids is 1. The number of quaternary nitrogens is 1. The van der Waals surface area contributed by atoms with E-state index in [1.165, 1.54) is 6.42 Å². The highest BCUT2D eigenvalue weighted by molar-refractivity contribution is 7.45. The predicted molar refractivity (Wildman–Crippen MR) is 187 cm³/mol. The first-order chi connectivity index (χ1) is 21.5. The van der Waals surface area contributed by atoms with Gasteiger partial charge in [-0.2, -0.15) is 0 Å². The molecule has 0 saturated heterocycles. The number of nitrogens with one attached hydrogen (secondary N) is 1. The summed E-state index contributed by atoms with van der Waals surface area (Å²) in [5.74, 6) is -0.232. The minimum atomic E-state index is -4.58. The van der Waals surface area contributed by atoms with Crippen molar-refractivity contribution in [2.24, 2.45) is 0 Å². The zero-order valence-electron chi connectivity index (χ0n) is 29.0. The van der Waals surface area contributed by atoms with Crippen LogP contribution in [0.1, 0.15) is 110 Å². The Morgan fingerprint density at radius 1 is 0.800 bits per heavy atom. The fraction of sp³-hybridized carbons (Fsp3) is 0.694. The molecule has 1 amide bonds. The van der Waals surface area contributed by atoms with Crippen LogP contribution in [0.2, 0.25) is 0 Å². The third-order valence-corrected chi connectivity index (χ3v) is 7.95. The number of likely N-dealkylation sites (N-methyl/N-ethyl adjacent to an activating group) is 1. The van der Waals surface area contributed by atoms with Crippen molar-refractivity contribution >= 4 is 13.7 Å². The summed E-state index contributed by atoms with van der Waals surface area (Å²) in [6.07, 6.45) is 34.3. The van der Waals surface area contributed by atoms with Crippen molar-refractivity contribution in [1.82, 2.24) is 5.32 Å². The van der Waals surface area contributed by atoms with E-state index in [9.17, 15) is 19.4 Å². The van der Waals surface area contributed by atoms with Crippen LogP contribution in [0.3, 0.4) is 0 Å². The average molecular weight is 653 g/mol. The first-order valence-corrected chi connectivity index (χ1v) is 18.6. The van der Waals surface area contributed by atoms with Gasteiger partial charge in [-0.25, -0.2) is 0 Å². The quantitative estimate of drug-likeness (QED) is 0.0371. The van der Waals surface area contributed by atoms with Gasteiger partial charge in [0.1, 0.15) is 13.2 Å². The fourth-order valence-electron chi connectivity index (χ4n) is 4.20. The smallest absolute Gasteiger partial charge is 0.268 e. The lowest BCUT2D eigenvalue weighted by molar-refractivity contribution is -0.870. The molecule has 8 nitrogen and oxygen atoms in total. The summed E-state index contributed by atoms with van der Waals surface area (Å²) in [5.41, 5.74) is 0. The summed E-state index contributed by atoms with van der Waals surface area (Å²) in [6.45, 7) is 4.38. The molecule has 0 aliphatic heterocycles. The van der Waals surface area contributed by atoms with Gasteiger partial charge in [-0.05, 0) is 57.8 Å². The van der Waals surface area contributed by atoms with Gasteiger partial charge in [0, 0.05) is 6.42 Å². The van der Waals surface area contributed by atoms with Crippen LogP contribution in [0.15, 0.2) is 60.8 Å². The Morgan fingerprint density at radius 2 is 1.36 bits per heavy atom. The number of nitrogens with zero attached hydrogens (tertiary/aromatic N) is 1. The second-order valence-corrected chi connectivity index (χ2v) is 13.9. The molecule has 45 heavy (non-hydrogen) atoms. The first kappa shape index (κ1) is 43.2. The number of unbranched alkanes of at least 4 members (excludes halogenated alkanes) is 8. The number of rotatable bonds is 29. The van der Waals surface area contributed by atoms with E-state index in [1.807, 2.05) is 27.2 Å². The van der Waals surface area contributed by atoms with Crippen molar-refractivity contribution in [3.63, 3.8) is 0 Å². The SMILES string of the molecule is CC/C=C\C/C=C\C/C=C\C/C=C\CCCCCCC(=O)NC(COP(=O)([O-])OCC[N+](C)(C)C)C(O)/C=C/CCCCCC. The lowest BCUT2D eigenvalue weighted by atomic mass is 10.1. The van der Waals surface area contributed by atoms with E-state index in [0.29, 0.717) is 17.4 Å². The van der Waals surface area contributed by atoms with E-state index < -0.39 is 26.6 Å². The highest BCUT2D eigenvalue weighted by atomic mass is 31.2. The number of aliphatic hydroxyl groups excluding tert-OH is 1. The third kappa shape index (κ3) is 30.6. The molecule has 0 aliphatic rings. The summed E-state index contributed by atoms with van der Waals surface area (Å²) >= 11 is 0. The number of phosphoric ester groups is 1. The second-order valence-electron chi connectivity index (χ2n) is 12.5. The van der Waals surface area contributed by atoms with E-state index in [4.69, 9.17) is 9.05 Å². The van der Waals surface area contributed by atoms with Crippen molar-refractivity contribution < 1.29 is 32.9 Å². The van der Waals surface area contributed by atoms with Gasteiger partial charge in [-0.3, -0.25) is 9.36 Å². The van der Waals surface area contributed by atoms with Gasteiger partial charge in [-0.1, -0.05) is 107 Å². The number of hydrogen-bond donors (Lipinski definition) is 2. The molecule has 0 spiro atoms. The maximum Gasteiger partial charge on any atom is 0.268 e. The van der Waals surface area contributed by atoms with Gasteiger partial charge < -0.3 is 28.8 Å². The molecular formula is C36H65N2O6P. The highest BCUT2D eigenvalue weighted by Gasteiger charge is 2.23. The summed E-state index contributed by atoms with van der Waals surface area (Å²) in [4.78, 5) is 25.0. The van der Waals surface area contributed by atoms with Crippen molar-refractivity contribution in [2.45, 2.75) is 122 Å². The largest absolute Gasteiger partial charge is 0.756 e. The number of phosphoric acid groups is 1. The Labute approximate surface area is 275 Å². The Balaban J connectivity index is 4.48. The summed E-state index contributed by atoms with van der Waals surface area (Å²) < 4.78 is 22.9. The van der Waals surface area contributed by atoms with Crippen LogP contribution < -0.4 is 10.2 Å². The maximum absolute atomic E-state index is 12.7. The van der Waals surface area contributed by atoms with Crippen LogP contribution in [-0.2, 0) is 18.4 Å². The summed E-state index contributed by atoms with van der Waals surface area (Å²) in [5, 5.41) is 13.5. The Hall–Kier alpha value is -1.80. The number of allylic oxidation sites excluding steroid dienone is 9. The van der Waals surface area contributed by atoms with Gasteiger partial charge >= 0.3 is 0 Å². The lowest BCUT2D eigenvalue weighted by Gasteiger charge is -2.29. The van der Waals surface area contributed by atoms with Crippen LogP contribution in [0, 0.1) is 0 Å². The molecule has 2 N–H and O–H groups in total. The monoisotopic (exact) mass is 652 g/mol. The van der Waals surface area contributed by atoms with Gasteiger partial charge in [0.25, 0.3) is 7.82 Å². The summed E-state index contributed by atoms with van der Waals surface area (Å²) in [7, 11) is 1.22. The molecule has 0 aromatic heterocycles. The Bertz CT molecular complexity index is 923. The average Bonchev–Trinajstić information content (AvgIpc) is 2.97. The molecule has 3 atom stereocenters. The van der Waals surface area contributed by atoms with Crippen molar-refractivity contribution in [2.75, 3.05) is 40.9 Å². The molecule has 0 aromatic rings. The summed E-state index contributed by atoms with van der Waals surface area (Å²) in [6, 6.07) is -0.896. The number of hydrogen-bond acceptors (Lipinski definition) is 6. The second kappa shape index (κ2) is 28.4. The molecular weight excluding hydrogens is 587 g/mol. The zero-order chi connectivity index (χ0) is 33.7. The van der Waals surface area contributed by atoms with Crippen molar-refractivity contribution in [3.05, 3.63) is 60.8 Å². The minimum absolute atomic E-state index is 0.0101. The minimum Gasteiger partial charge on any atom is -0.756 e. The molecule has 0 heterocycles. The molecule has 9 heteroatoms. The van der Waals surface area contributed by atoms with Crippen LogP contribution in [0.25, 0.3) is 0 Å². The van der Waals surface area contributed by atoms with Gasteiger partial charge in [0.15, 0.2) is 0 Å². The molecule has 0 rings (SSSR count). The third-order valence-electron chi connectivity index (χ3n) is 6.98. The molecule has 260 valence electrons. The Kier molecular flexibility index (Phi) is 27.3. The van der Waals surface area contributed by atoms with Gasteiger partial charge in [-0.15, -0.1) is 0 Å². The van der Waals surface area contributed by atoms with Crippen molar-refractivity contribution in [1.29, 1.82) is 0 Å². The lowest BCUT2D eigenvalue weighted by Crippen LogP contribution is -2.45. The molecule has 0 aliphatic carbocycles. The van der Waals surface area contributed by atoms with Crippen LogP contribution in [0.5, 0.6) is 0 Å². The van der Waals surface area contributed by atoms with Gasteiger partial charge in [0.2, 0.25) is 5.91 Å². The normalized spacial score (nSPS) is 15.6. The molecule has 0 aromatic carbocycles. The van der Waals surface area contributed by atoms with Crippen LogP contribution in [-0.4, -0.2) is 68.5 Å². The van der Waals surface area contributed by atoms with Gasteiger partial charge in [0.05, 0.1) is 39.9 Å². The Morgan fingerprint density at radius 3 is 1.96 bits per heavy atom. The molecule has 0 bridgehead atoms. The topological polar surface area (TPSA) is 108 Å². The number of carbonyl (C=O) groups is 1. The van der Waals surface area contributed by atoms with E-state index in [-0.39, 0.29) is 12.5 Å². The predicted octanol–water partition coefficient (Wildman–Crippen LogP) is 7.71. The van der Waals surface area contributed by atoms with E-state index in [0.717, 1.165) is 83.5 Å². The van der Waals surface area contributed by atoms with Crippen LogP contribution in [0.4, 0.5) is 0 Å². The van der Waals surface area contributed by atoms with Crippen molar-refractivity contribution in [3.8, 4) is 0 Å². The number of amides is 1. The molecule has 3 unspecified atom stereocenters. The van der Waals surface area contributed by atoms with E-state index in [2.05, 4.69) is 67.8 Å². The first-order valence-electron chi connectivity index (χ1n) is 17.2. The van der Waals surface area contributed by atoms with Crippen LogP contribution >= 0.6 is 7.82 Å². The molecule has 0 fully saturated rings. The zero-order valence-corrected chi connectivity index (χ0v) is 29.9. The number of aliphatic hydroxyl groups is 1. The fourth-order valence-corrected chi connectivity index (χ4v) is 4.92. The van der Waals surface area contributed by atoms with E-state index >= 15 is 0 Å². The standard InChI is InChI=1S/C36H65N2O6P/c1-6-8-10-12-14-15-16-17-18-19-20-21-22-23-24-26-28-30-36(40)37-34(35(39)29-27-25-13-11-9-7-2)33-44-45(41,42)43-32-31-38(3,4)5/h8,10,14-15,17-18,20-21,27,29,34-35,39H,6-7,9,11-13,16,19,22-26,28,30-33H2,1-5H3,(H-,37,40,41,42)/b10-8-,15-14-,18-17-,21-20-,29-27+. The maximum atomic E-state index is 12.7.